The van der Waals surface area contributed by atoms with Crippen LogP contribution in [0.15, 0.2) is 0 Å². The van der Waals surface area contributed by atoms with E-state index in [1.807, 2.05) is 0 Å². The summed E-state index contributed by atoms with van der Waals surface area (Å²) >= 11 is 23.8. The Balaban J connectivity index is 1.92. The van der Waals surface area contributed by atoms with Gasteiger partial charge in [0.25, 0.3) is 0 Å². The van der Waals surface area contributed by atoms with Crippen molar-refractivity contribution in [2.24, 2.45) is 17.8 Å². The summed E-state index contributed by atoms with van der Waals surface area (Å²) in [6, 6.07) is 0. The summed E-state index contributed by atoms with van der Waals surface area (Å²) in [4.78, 5) is 0. The van der Waals surface area contributed by atoms with Crippen LogP contribution >= 0.6 is 46.4 Å². The number of hydrogen-bond acceptors (Lipinski definition) is 0. The molecule has 2 saturated carbocycles. The maximum absolute atomic E-state index is 5.95. The molecule has 0 spiro atoms. The lowest BCUT2D eigenvalue weighted by molar-refractivity contribution is 0.440. The van der Waals surface area contributed by atoms with E-state index in [2.05, 4.69) is 6.92 Å². The molecule has 0 amide bonds. The van der Waals surface area contributed by atoms with Crippen molar-refractivity contribution >= 4 is 46.4 Å². The number of alkyl halides is 4. The first-order valence-electron chi connectivity index (χ1n) is 4.10. The Hall–Kier alpha value is 1.16. The van der Waals surface area contributed by atoms with Crippen LogP contribution in [0.4, 0.5) is 0 Å². The molecule has 0 aromatic heterocycles. The van der Waals surface area contributed by atoms with Crippen molar-refractivity contribution in [2.75, 3.05) is 0 Å². The molecule has 0 aromatic carbocycles. The second kappa shape index (κ2) is 2.59. The zero-order valence-corrected chi connectivity index (χ0v) is 9.68. The Morgan fingerprint density at radius 2 is 1.25 bits per heavy atom. The van der Waals surface area contributed by atoms with Gasteiger partial charge in [-0.05, 0) is 30.6 Å². The normalized spacial score (nSPS) is 43.8. The summed E-state index contributed by atoms with van der Waals surface area (Å²) in [7, 11) is 0. The summed E-state index contributed by atoms with van der Waals surface area (Å²) in [5, 5.41) is 0. The molecular weight excluding hydrogens is 238 g/mol. The van der Waals surface area contributed by atoms with E-state index in [0.29, 0.717) is 17.8 Å². The monoisotopic (exact) mass is 246 g/mol. The van der Waals surface area contributed by atoms with Gasteiger partial charge in [0.2, 0.25) is 0 Å². The third-order valence-electron chi connectivity index (χ3n) is 3.02. The van der Waals surface area contributed by atoms with E-state index in [1.165, 1.54) is 0 Å². The molecule has 2 rings (SSSR count). The Morgan fingerprint density at radius 3 is 1.42 bits per heavy atom. The molecule has 0 bridgehead atoms. The second-order valence-electron chi connectivity index (χ2n) is 4.00. The van der Waals surface area contributed by atoms with E-state index in [4.69, 9.17) is 46.4 Å². The number of hydrogen-bond donors (Lipinski definition) is 0. The van der Waals surface area contributed by atoms with Crippen LogP contribution in [0.5, 0.6) is 0 Å². The standard InChI is InChI=1S/C8H10Cl4/c1-4(5-2-7(5,9)10)6-3-8(6,11)12/h4-6H,2-3H2,1H3. The molecule has 70 valence electrons. The minimum absolute atomic E-state index is 0.394. The second-order valence-corrected chi connectivity index (χ2v) is 7.09. The van der Waals surface area contributed by atoms with Crippen LogP contribution in [-0.4, -0.2) is 8.67 Å². The van der Waals surface area contributed by atoms with Gasteiger partial charge in [-0.3, -0.25) is 0 Å². The molecule has 2 aliphatic carbocycles. The van der Waals surface area contributed by atoms with E-state index >= 15 is 0 Å². The molecule has 4 heteroatoms. The lowest BCUT2D eigenvalue weighted by Crippen LogP contribution is -2.09. The highest BCUT2D eigenvalue weighted by Crippen LogP contribution is 2.66. The molecule has 0 saturated heterocycles. The highest BCUT2D eigenvalue weighted by atomic mass is 35.5. The Bertz CT molecular complexity index is 189. The van der Waals surface area contributed by atoms with Gasteiger partial charge in [-0.2, -0.15) is 0 Å². The zero-order valence-electron chi connectivity index (χ0n) is 6.66. The molecule has 2 aliphatic rings. The van der Waals surface area contributed by atoms with Crippen LogP contribution in [-0.2, 0) is 0 Å². The first kappa shape index (κ1) is 9.71. The van der Waals surface area contributed by atoms with Gasteiger partial charge in [-0.1, -0.05) is 6.92 Å². The van der Waals surface area contributed by atoms with Crippen LogP contribution in [0.3, 0.4) is 0 Å². The fraction of sp³-hybridized carbons (Fsp3) is 1.00. The van der Waals surface area contributed by atoms with Crippen LogP contribution in [0.1, 0.15) is 19.8 Å². The minimum atomic E-state index is -0.494. The third-order valence-corrected chi connectivity index (χ3v) is 4.76. The van der Waals surface area contributed by atoms with Crippen LogP contribution in [0, 0.1) is 17.8 Å². The molecule has 0 radical (unpaired) electrons. The van der Waals surface area contributed by atoms with Gasteiger partial charge < -0.3 is 0 Å². The van der Waals surface area contributed by atoms with E-state index in [9.17, 15) is 0 Å². The highest BCUT2D eigenvalue weighted by molar-refractivity contribution is 6.51. The van der Waals surface area contributed by atoms with E-state index in [0.717, 1.165) is 12.8 Å². The molecule has 0 N–H and O–H groups in total. The van der Waals surface area contributed by atoms with Crippen LogP contribution in [0.2, 0.25) is 0 Å². The lowest BCUT2D eigenvalue weighted by Gasteiger charge is -2.10. The predicted molar refractivity (Wildman–Crippen MR) is 54.3 cm³/mol. The highest BCUT2D eigenvalue weighted by Gasteiger charge is 2.63. The Labute approximate surface area is 92.5 Å². The average molecular weight is 248 g/mol. The SMILES string of the molecule is CC(C1CC1(Cl)Cl)C1CC1(Cl)Cl. The van der Waals surface area contributed by atoms with Gasteiger partial charge in [0.15, 0.2) is 0 Å². The van der Waals surface area contributed by atoms with Crippen LogP contribution in [0.25, 0.3) is 0 Å². The maximum Gasteiger partial charge on any atom is 0.121 e. The smallest absolute Gasteiger partial charge is 0.101 e. The summed E-state index contributed by atoms with van der Waals surface area (Å²) in [5.41, 5.74) is 0. The average Bonchev–Trinajstić information content (AvgIpc) is 2.70. The van der Waals surface area contributed by atoms with Crippen molar-refractivity contribution < 1.29 is 0 Å². The van der Waals surface area contributed by atoms with Crippen molar-refractivity contribution in [3.63, 3.8) is 0 Å². The molecule has 0 nitrogen and oxygen atoms in total. The van der Waals surface area contributed by atoms with Crippen molar-refractivity contribution in [3.8, 4) is 0 Å². The molecule has 0 aliphatic heterocycles. The summed E-state index contributed by atoms with van der Waals surface area (Å²) in [6.07, 6.45) is 1.77. The van der Waals surface area contributed by atoms with Crippen molar-refractivity contribution in [1.29, 1.82) is 0 Å². The van der Waals surface area contributed by atoms with Crippen molar-refractivity contribution in [1.82, 2.24) is 0 Å². The van der Waals surface area contributed by atoms with Gasteiger partial charge >= 0.3 is 0 Å². The lowest BCUT2D eigenvalue weighted by atomic mass is 10.0. The molecule has 2 atom stereocenters. The van der Waals surface area contributed by atoms with Gasteiger partial charge in [0.05, 0.1) is 0 Å². The first-order chi connectivity index (χ1) is 5.34. The van der Waals surface area contributed by atoms with Crippen molar-refractivity contribution in [3.05, 3.63) is 0 Å². The topological polar surface area (TPSA) is 0 Å². The van der Waals surface area contributed by atoms with E-state index < -0.39 is 8.67 Å². The molecule has 2 fully saturated rings. The fourth-order valence-corrected chi connectivity index (χ4v) is 3.35. The Morgan fingerprint density at radius 1 is 1.00 bits per heavy atom. The molecule has 12 heavy (non-hydrogen) atoms. The van der Waals surface area contributed by atoms with E-state index in [-0.39, 0.29) is 0 Å². The summed E-state index contributed by atoms with van der Waals surface area (Å²) in [6.45, 7) is 2.13. The molecule has 0 heterocycles. The predicted octanol–water partition coefficient (Wildman–Crippen LogP) is 4.01. The van der Waals surface area contributed by atoms with Gasteiger partial charge in [-0.25, -0.2) is 0 Å². The molecular formula is C8H10Cl4. The Kier molecular flexibility index (Phi) is 2.10. The van der Waals surface area contributed by atoms with Crippen LogP contribution < -0.4 is 0 Å². The molecule has 0 aromatic rings. The number of rotatable bonds is 2. The third kappa shape index (κ3) is 1.56. The quantitative estimate of drug-likeness (QED) is 0.647. The zero-order chi connectivity index (χ0) is 9.15. The van der Waals surface area contributed by atoms with E-state index in [1.54, 1.807) is 0 Å². The van der Waals surface area contributed by atoms with Crippen molar-refractivity contribution in [2.45, 2.75) is 28.4 Å². The van der Waals surface area contributed by atoms with Gasteiger partial charge in [0, 0.05) is 0 Å². The largest absolute Gasteiger partial charge is 0.121 e. The minimum Gasteiger partial charge on any atom is -0.101 e. The summed E-state index contributed by atoms with van der Waals surface area (Å²) in [5.74, 6) is 1.24. The summed E-state index contributed by atoms with van der Waals surface area (Å²) < 4.78 is -0.988. The van der Waals surface area contributed by atoms with Gasteiger partial charge in [0.1, 0.15) is 8.67 Å². The maximum atomic E-state index is 5.95. The fourth-order valence-electron chi connectivity index (χ4n) is 1.89. The first-order valence-corrected chi connectivity index (χ1v) is 5.61. The van der Waals surface area contributed by atoms with Gasteiger partial charge in [-0.15, -0.1) is 46.4 Å². The number of halogens is 4. The molecule has 2 unspecified atom stereocenters.